The van der Waals surface area contributed by atoms with Crippen LogP contribution in [0.15, 0.2) is 53.1 Å². The number of likely N-dealkylation sites (tertiary alicyclic amines) is 1. The first-order chi connectivity index (χ1) is 13.6. The second-order valence-electron chi connectivity index (χ2n) is 6.48. The zero-order valence-corrected chi connectivity index (χ0v) is 16.0. The molecule has 0 aliphatic carbocycles. The Morgan fingerprint density at radius 3 is 2.89 bits per heavy atom. The first-order valence-corrected chi connectivity index (χ1v) is 9.33. The van der Waals surface area contributed by atoms with Crippen LogP contribution in [-0.2, 0) is 0 Å². The molecular weight excluding hydrogens is 380 g/mol. The van der Waals surface area contributed by atoms with Crippen molar-refractivity contribution < 1.29 is 14.1 Å². The third-order valence-corrected chi connectivity index (χ3v) is 4.92. The molecule has 28 heavy (non-hydrogen) atoms. The molecule has 1 aliphatic heterocycles. The van der Waals surface area contributed by atoms with Crippen molar-refractivity contribution in [3.05, 3.63) is 59.4 Å². The van der Waals surface area contributed by atoms with Gasteiger partial charge in [-0.05, 0) is 49.2 Å². The molecule has 1 fully saturated rings. The van der Waals surface area contributed by atoms with Crippen LogP contribution in [0, 0.1) is 0 Å². The molecule has 7 nitrogen and oxygen atoms in total. The van der Waals surface area contributed by atoms with E-state index in [1.807, 2.05) is 24.3 Å². The number of halogens is 1. The SMILES string of the molecule is COc1cccc(-c2noc(C3CCCN3C(=O)Nc3ccc(Cl)cc3)n2)c1. The predicted octanol–water partition coefficient (Wildman–Crippen LogP) is 4.77. The van der Waals surface area contributed by atoms with E-state index >= 15 is 0 Å². The van der Waals surface area contributed by atoms with E-state index < -0.39 is 0 Å². The van der Waals surface area contributed by atoms with Crippen molar-refractivity contribution in [2.75, 3.05) is 19.0 Å². The lowest BCUT2D eigenvalue weighted by atomic mass is 10.2. The van der Waals surface area contributed by atoms with Crippen LogP contribution in [0.1, 0.15) is 24.8 Å². The fourth-order valence-electron chi connectivity index (χ4n) is 3.24. The first kappa shape index (κ1) is 18.3. The average Bonchev–Trinajstić information content (AvgIpc) is 3.39. The Morgan fingerprint density at radius 2 is 2.11 bits per heavy atom. The highest BCUT2D eigenvalue weighted by Gasteiger charge is 2.34. The van der Waals surface area contributed by atoms with E-state index in [0.29, 0.717) is 34.7 Å². The number of amides is 2. The molecule has 0 bridgehead atoms. The fraction of sp³-hybridized carbons (Fsp3) is 0.250. The second kappa shape index (κ2) is 7.90. The number of carbonyl (C=O) groups is 1. The number of rotatable bonds is 4. The molecule has 1 atom stereocenters. The molecule has 1 unspecified atom stereocenters. The van der Waals surface area contributed by atoms with Gasteiger partial charge in [-0.15, -0.1) is 0 Å². The van der Waals surface area contributed by atoms with Gasteiger partial charge in [0.1, 0.15) is 11.8 Å². The van der Waals surface area contributed by atoms with Crippen molar-refractivity contribution in [2.45, 2.75) is 18.9 Å². The molecule has 144 valence electrons. The molecule has 2 aromatic carbocycles. The lowest BCUT2D eigenvalue weighted by molar-refractivity contribution is 0.193. The number of urea groups is 1. The quantitative estimate of drug-likeness (QED) is 0.684. The van der Waals surface area contributed by atoms with Crippen LogP contribution in [-0.4, -0.2) is 34.7 Å². The molecule has 1 aliphatic rings. The first-order valence-electron chi connectivity index (χ1n) is 8.95. The highest BCUT2D eigenvalue weighted by molar-refractivity contribution is 6.30. The zero-order chi connectivity index (χ0) is 19.5. The van der Waals surface area contributed by atoms with Gasteiger partial charge in [-0.25, -0.2) is 4.79 Å². The molecule has 1 saturated heterocycles. The van der Waals surface area contributed by atoms with Crippen LogP contribution in [0.4, 0.5) is 10.5 Å². The number of ether oxygens (including phenoxy) is 1. The summed E-state index contributed by atoms with van der Waals surface area (Å²) in [6.07, 6.45) is 1.64. The van der Waals surface area contributed by atoms with Gasteiger partial charge in [0.25, 0.3) is 0 Å². The summed E-state index contributed by atoms with van der Waals surface area (Å²) in [7, 11) is 1.61. The third kappa shape index (κ3) is 3.80. The van der Waals surface area contributed by atoms with E-state index in [0.717, 1.165) is 18.4 Å². The van der Waals surface area contributed by atoms with Crippen molar-refractivity contribution in [3.63, 3.8) is 0 Å². The summed E-state index contributed by atoms with van der Waals surface area (Å²) in [6.45, 7) is 0.626. The van der Waals surface area contributed by atoms with Gasteiger partial charge in [0.15, 0.2) is 0 Å². The largest absolute Gasteiger partial charge is 0.497 e. The van der Waals surface area contributed by atoms with Crippen LogP contribution >= 0.6 is 11.6 Å². The number of hydrogen-bond donors (Lipinski definition) is 1. The van der Waals surface area contributed by atoms with Crippen LogP contribution in [0.3, 0.4) is 0 Å². The minimum absolute atomic E-state index is 0.203. The summed E-state index contributed by atoms with van der Waals surface area (Å²) in [6, 6.07) is 14.0. The van der Waals surface area contributed by atoms with E-state index in [1.54, 1.807) is 36.3 Å². The number of anilines is 1. The molecule has 0 spiro atoms. The molecule has 1 aromatic heterocycles. The Hall–Kier alpha value is -3.06. The van der Waals surface area contributed by atoms with Gasteiger partial charge in [0.2, 0.25) is 11.7 Å². The maximum atomic E-state index is 12.7. The maximum absolute atomic E-state index is 12.7. The Labute approximate surface area is 167 Å². The number of nitrogens with zero attached hydrogens (tertiary/aromatic N) is 3. The van der Waals surface area contributed by atoms with Crippen molar-refractivity contribution in [1.82, 2.24) is 15.0 Å². The normalized spacial score (nSPS) is 16.2. The standard InChI is InChI=1S/C20H19ClN4O3/c1-27-16-5-2-4-13(12-16)18-23-19(28-24-18)17-6-3-11-25(17)20(26)22-15-9-7-14(21)8-10-15/h2,4-5,7-10,12,17H,3,6,11H2,1H3,(H,22,26). The number of hydrogen-bond acceptors (Lipinski definition) is 5. The number of carbonyl (C=O) groups excluding carboxylic acids is 1. The molecule has 2 amide bonds. The van der Waals surface area contributed by atoms with Crippen LogP contribution in [0.5, 0.6) is 5.75 Å². The molecule has 0 radical (unpaired) electrons. The van der Waals surface area contributed by atoms with E-state index in [1.165, 1.54) is 0 Å². The lowest BCUT2D eigenvalue weighted by Crippen LogP contribution is -2.34. The summed E-state index contributed by atoms with van der Waals surface area (Å²) < 4.78 is 10.7. The highest BCUT2D eigenvalue weighted by Crippen LogP contribution is 2.33. The van der Waals surface area contributed by atoms with E-state index in [2.05, 4.69) is 15.5 Å². The summed E-state index contributed by atoms with van der Waals surface area (Å²) in [5.74, 6) is 1.62. The molecule has 0 saturated carbocycles. The fourth-order valence-corrected chi connectivity index (χ4v) is 3.37. The number of aromatic nitrogens is 2. The minimum atomic E-state index is -0.251. The predicted molar refractivity (Wildman–Crippen MR) is 105 cm³/mol. The Balaban J connectivity index is 1.51. The van der Waals surface area contributed by atoms with Crippen LogP contribution in [0.25, 0.3) is 11.4 Å². The monoisotopic (exact) mass is 398 g/mol. The second-order valence-corrected chi connectivity index (χ2v) is 6.91. The van der Waals surface area contributed by atoms with E-state index in [-0.39, 0.29) is 12.1 Å². The average molecular weight is 399 g/mol. The highest BCUT2D eigenvalue weighted by atomic mass is 35.5. The van der Waals surface area contributed by atoms with Gasteiger partial charge >= 0.3 is 6.03 Å². The van der Waals surface area contributed by atoms with Gasteiger partial charge in [-0.2, -0.15) is 4.98 Å². The molecule has 3 aromatic rings. The smallest absolute Gasteiger partial charge is 0.322 e. The van der Waals surface area contributed by atoms with Gasteiger partial charge in [0, 0.05) is 22.8 Å². The molecule has 1 N–H and O–H groups in total. The Bertz CT molecular complexity index is 974. The molecule has 2 heterocycles. The summed E-state index contributed by atoms with van der Waals surface area (Å²) >= 11 is 5.89. The Morgan fingerprint density at radius 1 is 1.29 bits per heavy atom. The molecular formula is C20H19ClN4O3. The van der Waals surface area contributed by atoms with Gasteiger partial charge < -0.3 is 19.5 Å². The van der Waals surface area contributed by atoms with Gasteiger partial charge in [-0.3, -0.25) is 0 Å². The van der Waals surface area contributed by atoms with Crippen LogP contribution < -0.4 is 10.1 Å². The topological polar surface area (TPSA) is 80.5 Å². The maximum Gasteiger partial charge on any atom is 0.322 e. The number of benzene rings is 2. The summed E-state index contributed by atoms with van der Waals surface area (Å²) in [5.41, 5.74) is 1.48. The summed E-state index contributed by atoms with van der Waals surface area (Å²) in [5, 5.41) is 7.58. The van der Waals surface area contributed by atoms with Crippen molar-refractivity contribution in [2.24, 2.45) is 0 Å². The van der Waals surface area contributed by atoms with Crippen molar-refractivity contribution >= 4 is 23.3 Å². The number of methoxy groups -OCH3 is 1. The van der Waals surface area contributed by atoms with E-state index in [4.69, 9.17) is 20.9 Å². The third-order valence-electron chi connectivity index (χ3n) is 4.66. The molecule has 4 rings (SSSR count). The minimum Gasteiger partial charge on any atom is -0.497 e. The van der Waals surface area contributed by atoms with E-state index in [9.17, 15) is 4.79 Å². The number of nitrogens with one attached hydrogen (secondary N) is 1. The lowest BCUT2D eigenvalue weighted by Gasteiger charge is -2.22. The van der Waals surface area contributed by atoms with Crippen molar-refractivity contribution in [3.8, 4) is 17.1 Å². The van der Waals surface area contributed by atoms with Crippen molar-refractivity contribution in [1.29, 1.82) is 0 Å². The van der Waals surface area contributed by atoms with Crippen LogP contribution in [0.2, 0.25) is 5.02 Å². The zero-order valence-electron chi connectivity index (χ0n) is 15.3. The Kier molecular flexibility index (Phi) is 5.16. The molecule has 8 heteroatoms. The van der Waals surface area contributed by atoms with Gasteiger partial charge in [0.05, 0.1) is 7.11 Å². The summed E-state index contributed by atoms with van der Waals surface area (Å²) in [4.78, 5) is 19.0. The van der Waals surface area contributed by atoms with Gasteiger partial charge in [-0.1, -0.05) is 28.9 Å².